The number of rotatable bonds is 6. The van der Waals surface area contributed by atoms with E-state index < -0.39 is 11.9 Å². The van der Waals surface area contributed by atoms with Crippen molar-refractivity contribution in [3.8, 4) is 11.1 Å². The van der Waals surface area contributed by atoms with Gasteiger partial charge in [0, 0.05) is 24.2 Å². The third kappa shape index (κ3) is 4.57. The van der Waals surface area contributed by atoms with Gasteiger partial charge in [0.25, 0.3) is 0 Å². The van der Waals surface area contributed by atoms with Gasteiger partial charge >= 0.3 is 5.97 Å². The first-order valence-electron chi connectivity index (χ1n) is 7.33. The molecule has 0 aliphatic carbocycles. The highest BCUT2D eigenvalue weighted by Gasteiger charge is 2.22. The smallest absolute Gasteiger partial charge is 0.321 e. The molecule has 5 heteroatoms. The van der Waals surface area contributed by atoms with E-state index in [9.17, 15) is 9.59 Å². The van der Waals surface area contributed by atoms with Crippen molar-refractivity contribution < 1.29 is 14.3 Å². The molecule has 0 radical (unpaired) electrons. The van der Waals surface area contributed by atoms with Crippen LogP contribution in [0.2, 0.25) is 0 Å². The standard InChI is InChI=1S/C18H18N2O3/c1-3-23-18(22)17(13(2)21)12-20-16-8-4-6-14(10-16)15-7-5-9-19-11-15/h4-12,17H,3H2,1-2H3. The van der Waals surface area contributed by atoms with Crippen LogP contribution in [-0.2, 0) is 14.3 Å². The minimum atomic E-state index is -0.975. The van der Waals surface area contributed by atoms with Gasteiger partial charge in [0.05, 0.1) is 12.3 Å². The average molecular weight is 310 g/mol. The van der Waals surface area contributed by atoms with E-state index in [0.29, 0.717) is 5.69 Å². The summed E-state index contributed by atoms with van der Waals surface area (Å²) in [4.78, 5) is 31.7. The second-order valence-electron chi connectivity index (χ2n) is 4.91. The number of Topliss-reactive ketones (excluding diaryl/α,β-unsaturated/α-hetero) is 1. The number of ketones is 1. The minimum Gasteiger partial charge on any atom is -0.465 e. The van der Waals surface area contributed by atoms with E-state index in [0.717, 1.165) is 11.1 Å². The highest BCUT2D eigenvalue weighted by Crippen LogP contribution is 2.23. The third-order valence-corrected chi connectivity index (χ3v) is 3.19. The quantitative estimate of drug-likeness (QED) is 0.467. The maximum atomic E-state index is 11.8. The second kappa shape index (κ2) is 7.98. The first-order chi connectivity index (χ1) is 11.1. The van der Waals surface area contributed by atoms with Crippen molar-refractivity contribution in [1.29, 1.82) is 0 Å². The lowest BCUT2D eigenvalue weighted by Crippen LogP contribution is -2.25. The van der Waals surface area contributed by atoms with Crippen LogP contribution in [0.25, 0.3) is 11.1 Å². The van der Waals surface area contributed by atoms with Crippen molar-refractivity contribution in [3.05, 3.63) is 48.8 Å². The Morgan fingerprint density at radius 3 is 2.70 bits per heavy atom. The molecule has 23 heavy (non-hydrogen) atoms. The molecule has 0 aliphatic rings. The number of pyridine rings is 1. The van der Waals surface area contributed by atoms with Crippen molar-refractivity contribution in [1.82, 2.24) is 4.98 Å². The first kappa shape index (κ1) is 16.5. The SMILES string of the molecule is CCOC(=O)C(C=Nc1cccc(-c2cccnc2)c1)C(C)=O. The van der Waals surface area contributed by atoms with E-state index in [1.54, 1.807) is 25.4 Å². The molecule has 1 unspecified atom stereocenters. The summed E-state index contributed by atoms with van der Waals surface area (Å²) in [5, 5.41) is 0. The molecule has 1 aromatic carbocycles. The number of benzene rings is 1. The molecule has 0 spiro atoms. The van der Waals surface area contributed by atoms with Crippen LogP contribution < -0.4 is 0 Å². The highest BCUT2D eigenvalue weighted by atomic mass is 16.5. The zero-order chi connectivity index (χ0) is 16.7. The third-order valence-electron chi connectivity index (χ3n) is 3.19. The van der Waals surface area contributed by atoms with Gasteiger partial charge < -0.3 is 4.74 Å². The van der Waals surface area contributed by atoms with Gasteiger partial charge in [-0.25, -0.2) is 0 Å². The van der Waals surface area contributed by atoms with Crippen molar-refractivity contribution in [3.63, 3.8) is 0 Å². The summed E-state index contributed by atoms with van der Waals surface area (Å²) in [5.41, 5.74) is 2.59. The zero-order valence-corrected chi connectivity index (χ0v) is 13.1. The highest BCUT2D eigenvalue weighted by molar-refractivity contribution is 6.11. The molecule has 0 saturated carbocycles. The predicted octanol–water partition coefficient (Wildman–Crippen LogP) is 3.22. The molecule has 0 N–H and O–H groups in total. The van der Waals surface area contributed by atoms with Crippen molar-refractivity contribution >= 4 is 23.7 Å². The number of aromatic nitrogens is 1. The monoisotopic (exact) mass is 310 g/mol. The summed E-state index contributed by atoms with van der Waals surface area (Å²) < 4.78 is 4.89. The van der Waals surface area contributed by atoms with Gasteiger partial charge in [0.15, 0.2) is 5.92 Å². The van der Waals surface area contributed by atoms with Gasteiger partial charge in [-0.1, -0.05) is 18.2 Å². The van der Waals surface area contributed by atoms with E-state index >= 15 is 0 Å². The van der Waals surface area contributed by atoms with E-state index in [-0.39, 0.29) is 12.4 Å². The first-order valence-corrected chi connectivity index (χ1v) is 7.33. The molecule has 1 heterocycles. The summed E-state index contributed by atoms with van der Waals surface area (Å²) in [6.45, 7) is 3.27. The van der Waals surface area contributed by atoms with E-state index in [2.05, 4.69) is 9.98 Å². The van der Waals surface area contributed by atoms with Crippen molar-refractivity contribution in [2.24, 2.45) is 10.9 Å². The Morgan fingerprint density at radius 1 is 1.26 bits per heavy atom. The Bertz CT molecular complexity index is 711. The summed E-state index contributed by atoms with van der Waals surface area (Å²) in [6.07, 6.45) is 4.81. The molecule has 1 atom stereocenters. The van der Waals surface area contributed by atoms with Crippen LogP contribution >= 0.6 is 0 Å². The van der Waals surface area contributed by atoms with Gasteiger partial charge in [-0.2, -0.15) is 0 Å². The molecule has 2 rings (SSSR count). The van der Waals surface area contributed by atoms with Crippen LogP contribution in [0, 0.1) is 5.92 Å². The lowest BCUT2D eigenvalue weighted by molar-refractivity contribution is -0.148. The molecule has 0 bridgehead atoms. The van der Waals surface area contributed by atoms with Gasteiger partial charge in [0.1, 0.15) is 5.78 Å². The Balaban J connectivity index is 2.22. The lowest BCUT2D eigenvalue weighted by Gasteiger charge is -2.07. The van der Waals surface area contributed by atoms with Crippen molar-refractivity contribution in [2.45, 2.75) is 13.8 Å². The van der Waals surface area contributed by atoms with E-state index in [4.69, 9.17) is 4.74 Å². The number of carbonyl (C=O) groups excluding carboxylic acids is 2. The van der Waals surface area contributed by atoms with Crippen LogP contribution in [0.15, 0.2) is 53.8 Å². The largest absolute Gasteiger partial charge is 0.465 e. The summed E-state index contributed by atoms with van der Waals surface area (Å²) in [5.74, 6) is -1.85. The van der Waals surface area contributed by atoms with Gasteiger partial charge in [0.2, 0.25) is 0 Å². The number of aliphatic imine (C=N–C) groups is 1. The van der Waals surface area contributed by atoms with E-state index in [1.807, 2.05) is 30.3 Å². The molecular formula is C18H18N2O3. The van der Waals surface area contributed by atoms with Gasteiger partial charge in [-0.05, 0) is 37.6 Å². The number of carbonyl (C=O) groups is 2. The molecule has 0 saturated heterocycles. The molecule has 0 aliphatic heterocycles. The summed E-state index contributed by atoms with van der Waals surface area (Å²) >= 11 is 0. The molecular weight excluding hydrogens is 292 g/mol. The zero-order valence-electron chi connectivity index (χ0n) is 13.1. The number of hydrogen-bond acceptors (Lipinski definition) is 5. The Labute approximate surface area is 135 Å². The normalized spacial score (nSPS) is 12.1. The number of hydrogen-bond donors (Lipinski definition) is 0. The molecule has 2 aromatic rings. The molecule has 118 valence electrons. The molecule has 1 aromatic heterocycles. The van der Waals surface area contributed by atoms with Crippen LogP contribution in [0.5, 0.6) is 0 Å². The number of ether oxygens (including phenoxy) is 1. The lowest BCUT2D eigenvalue weighted by atomic mass is 10.1. The maximum Gasteiger partial charge on any atom is 0.321 e. The van der Waals surface area contributed by atoms with Crippen LogP contribution in [0.4, 0.5) is 5.69 Å². The van der Waals surface area contributed by atoms with E-state index in [1.165, 1.54) is 13.1 Å². The van der Waals surface area contributed by atoms with Gasteiger partial charge in [-0.3, -0.25) is 19.6 Å². The maximum absolute atomic E-state index is 11.8. The topological polar surface area (TPSA) is 68.6 Å². The predicted molar refractivity (Wildman–Crippen MR) is 88.6 cm³/mol. The fourth-order valence-electron chi connectivity index (χ4n) is 2.02. The second-order valence-corrected chi connectivity index (χ2v) is 4.91. The summed E-state index contributed by atoms with van der Waals surface area (Å²) in [6, 6.07) is 11.3. The number of nitrogens with zero attached hydrogens (tertiary/aromatic N) is 2. The minimum absolute atomic E-state index is 0.229. The fourth-order valence-corrected chi connectivity index (χ4v) is 2.02. The Hall–Kier alpha value is -2.82. The van der Waals surface area contributed by atoms with Crippen LogP contribution in [0.1, 0.15) is 13.8 Å². The van der Waals surface area contributed by atoms with Crippen molar-refractivity contribution in [2.75, 3.05) is 6.61 Å². The average Bonchev–Trinajstić information content (AvgIpc) is 2.56. The molecule has 0 amide bonds. The van der Waals surface area contributed by atoms with Gasteiger partial charge in [-0.15, -0.1) is 0 Å². The number of esters is 1. The van der Waals surface area contributed by atoms with Crippen LogP contribution in [0.3, 0.4) is 0 Å². The fraction of sp³-hybridized carbons (Fsp3) is 0.222. The molecule has 0 fully saturated rings. The van der Waals surface area contributed by atoms with Crippen LogP contribution in [-0.4, -0.2) is 29.6 Å². The Kier molecular flexibility index (Phi) is 5.74. The molecule has 5 nitrogen and oxygen atoms in total. The Morgan fingerprint density at radius 2 is 2.04 bits per heavy atom. The summed E-state index contributed by atoms with van der Waals surface area (Å²) in [7, 11) is 0.